The molecule has 3 aromatic carbocycles. The predicted octanol–water partition coefficient (Wildman–Crippen LogP) is 5.78. The monoisotopic (exact) mass is 569 g/mol. The fraction of sp³-hybridized carbons (Fsp3) is 0.364. The van der Waals surface area contributed by atoms with Crippen molar-refractivity contribution < 1.29 is 18.7 Å². The summed E-state index contributed by atoms with van der Waals surface area (Å²) >= 11 is 0. The molecule has 2 bridgehead atoms. The number of benzene rings is 3. The van der Waals surface area contributed by atoms with Crippen LogP contribution in [0.2, 0.25) is 0 Å². The maximum absolute atomic E-state index is 15.9. The Balaban J connectivity index is 1.46. The van der Waals surface area contributed by atoms with E-state index in [-0.39, 0.29) is 41.7 Å². The number of nitrogens with two attached hydrogens (primary N) is 1. The number of fused-ring (bicyclic) bond motifs is 3. The third-order valence-corrected chi connectivity index (χ3v) is 9.27. The Morgan fingerprint density at radius 3 is 2.50 bits per heavy atom. The molecule has 9 heteroatoms. The van der Waals surface area contributed by atoms with Crippen molar-refractivity contribution in [2.75, 3.05) is 0 Å². The van der Waals surface area contributed by atoms with Gasteiger partial charge in [0.15, 0.2) is 0 Å². The molecule has 1 amide bonds. The highest BCUT2D eigenvalue weighted by Crippen LogP contribution is 2.40. The number of carbonyl (C=O) groups is 1. The van der Waals surface area contributed by atoms with Crippen molar-refractivity contribution in [3.8, 4) is 28.3 Å². The summed E-state index contributed by atoms with van der Waals surface area (Å²) in [7, 11) is 0. The maximum Gasteiger partial charge on any atom is 0.254 e. The van der Waals surface area contributed by atoms with E-state index < -0.39 is 17.2 Å². The minimum atomic E-state index is -0.956. The molecule has 7 nitrogen and oxygen atoms in total. The van der Waals surface area contributed by atoms with Crippen LogP contribution in [0.15, 0.2) is 54.7 Å². The molecule has 0 saturated carbocycles. The first-order chi connectivity index (χ1) is 20.2. The number of aliphatic hydroxyl groups is 1. The van der Waals surface area contributed by atoms with Crippen molar-refractivity contribution in [1.82, 2.24) is 14.7 Å². The Kier molecular flexibility index (Phi) is 7.08. The summed E-state index contributed by atoms with van der Waals surface area (Å²) in [6.45, 7) is 4.04. The van der Waals surface area contributed by atoms with Crippen LogP contribution in [0.4, 0.5) is 8.78 Å². The molecule has 2 fully saturated rings. The lowest BCUT2D eigenvalue weighted by Crippen LogP contribution is -2.40. The SMILES string of the molecule is CCC(O)(CC)Cn1ncc2cc(-c3ccc(C(=O)N4[C@@H]5CC[C@H]4[C@@H](N)C5)cc3-c3ccc(C#N)c(F)c3)c(F)cc21. The zero-order valence-corrected chi connectivity index (χ0v) is 23.6. The molecule has 4 aromatic rings. The van der Waals surface area contributed by atoms with Crippen LogP contribution in [-0.4, -0.2) is 49.4 Å². The minimum Gasteiger partial charge on any atom is -0.388 e. The van der Waals surface area contributed by atoms with Gasteiger partial charge in [0.05, 0.1) is 29.4 Å². The lowest BCUT2D eigenvalue weighted by molar-refractivity contribution is 0.0130. The van der Waals surface area contributed by atoms with E-state index >= 15 is 4.39 Å². The predicted molar refractivity (Wildman–Crippen MR) is 156 cm³/mol. The molecule has 42 heavy (non-hydrogen) atoms. The summed E-state index contributed by atoms with van der Waals surface area (Å²) in [5.41, 5.74) is 7.82. The van der Waals surface area contributed by atoms with Crippen LogP contribution in [-0.2, 0) is 6.54 Å². The average Bonchev–Trinajstić information content (AvgIpc) is 3.68. The van der Waals surface area contributed by atoms with E-state index in [0.29, 0.717) is 46.0 Å². The van der Waals surface area contributed by atoms with Gasteiger partial charge < -0.3 is 15.7 Å². The van der Waals surface area contributed by atoms with E-state index in [1.54, 1.807) is 41.2 Å². The fourth-order valence-corrected chi connectivity index (χ4v) is 6.61. The maximum atomic E-state index is 15.9. The van der Waals surface area contributed by atoms with Gasteiger partial charge >= 0.3 is 0 Å². The highest BCUT2D eigenvalue weighted by molar-refractivity contribution is 5.99. The quantitative estimate of drug-likeness (QED) is 0.294. The second-order valence-electron chi connectivity index (χ2n) is 11.6. The lowest BCUT2D eigenvalue weighted by atomic mass is 9.91. The number of amides is 1. The van der Waals surface area contributed by atoms with Gasteiger partial charge in [0.2, 0.25) is 0 Å². The Hall–Kier alpha value is -4.13. The van der Waals surface area contributed by atoms with Crippen molar-refractivity contribution in [1.29, 1.82) is 5.26 Å². The molecule has 1 aromatic heterocycles. The molecular weight excluding hydrogens is 536 g/mol. The summed E-state index contributed by atoms with van der Waals surface area (Å²) in [6, 6.07) is 14.2. The van der Waals surface area contributed by atoms with Gasteiger partial charge in [0.1, 0.15) is 17.7 Å². The zero-order chi connectivity index (χ0) is 29.8. The van der Waals surface area contributed by atoms with E-state index in [9.17, 15) is 19.6 Å². The zero-order valence-electron chi connectivity index (χ0n) is 23.6. The first kappa shape index (κ1) is 28.0. The van der Waals surface area contributed by atoms with Gasteiger partial charge in [-0.1, -0.05) is 26.0 Å². The molecule has 216 valence electrons. The lowest BCUT2D eigenvalue weighted by Gasteiger charge is -2.25. The molecule has 3 N–H and O–H groups in total. The normalized spacial score (nSPS) is 19.9. The molecule has 6 rings (SSSR count). The minimum absolute atomic E-state index is 0.00700. The average molecular weight is 570 g/mol. The number of nitrogens with zero attached hydrogens (tertiary/aromatic N) is 4. The van der Waals surface area contributed by atoms with Crippen LogP contribution >= 0.6 is 0 Å². The second-order valence-corrected chi connectivity index (χ2v) is 11.6. The third-order valence-electron chi connectivity index (χ3n) is 9.27. The van der Waals surface area contributed by atoms with Crippen LogP contribution in [0, 0.1) is 23.0 Å². The van der Waals surface area contributed by atoms with Gasteiger partial charge in [-0.05, 0) is 79.1 Å². The molecule has 0 unspecified atom stereocenters. The van der Waals surface area contributed by atoms with E-state index in [1.165, 1.54) is 18.2 Å². The molecule has 3 heterocycles. The van der Waals surface area contributed by atoms with Crippen molar-refractivity contribution in [3.63, 3.8) is 0 Å². The summed E-state index contributed by atoms with van der Waals surface area (Å²) in [5, 5.41) is 25.2. The molecule has 0 aliphatic carbocycles. The van der Waals surface area contributed by atoms with Gasteiger partial charge in [0.25, 0.3) is 5.91 Å². The van der Waals surface area contributed by atoms with E-state index in [4.69, 9.17) is 5.73 Å². The smallest absolute Gasteiger partial charge is 0.254 e. The number of hydrogen-bond acceptors (Lipinski definition) is 5. The number of carbonyl (C=O) groups excluding carboxylic acids is 1. The summed E-state index contributed by atoms with van der Waals surface area (Å²) < 4.78 is 32.3. The molecule has 2 aliphatic heterocycles. The molecule has 3 atom stereocenters. The van der Waals surface area contributed by atoms with Gasteiger partial charge in [-0.25, -0.2) is 8.78 Å². The van der Waals surface area contributed by atoms with Gasteiger partial charge in [-0.15, -0.1) is 0 Å². The number of hydrogen-bond donors (Lipinski definition) is 2. The molecular formula is C33H33F2N5O2. The fourth-order valence-electron chi connectivity index (χ4n) is 6.61. The Morgan fingerprint density at radius 2 is 1.86 bits per heavy atom. The summed E-state index contributed by atoms with van der Waals surface area (Å²) in [5.74, 6) is -1.36. The Bertz CT molecular complexity index is 1740. The van der Waals surface area contributed by atoms with Gasteiger partial charge in [0, 0.05) is 40.7 Å². The first-order valence-electron chi connectivity index (χ1n) is 14.5. The van der Waals surface area contributed by atoms with E-state index in [0.717, 1.165) is 19.3 Å². The summed E-state index contributed by atoms with van der Waals surface area (Å²) in [6.07, 6.45) is 5.26. The molecule has 0 spiro atoms. The number of aromatic nitrogens is 2. The number of rotatable bonds is 7. The van der Waals surface area contributed by atoms with Crippen LogP contribution in [0.25, 0.3) is 33.2 Å². The van der Waals surface area contributed by atoms with E-state index in [2.05, 4.69) is 5.10 Å². The number of nitriles is 1. The van der Waals surface area contributed by atoms with Crippen LogP contribution in [0.1, 0.15) is 61.9 Å². The topological polar surface area (TPSA) is 108 Å². The standard InChI is InChI=1S/C33H33F2N5O2/c1-3-33(42,4-2)18-39-31-15-28(35)26(12-22(31)17-38-39)24-9-7-20(32(41)40-23-8-10-30(40)29(37)14-23)11-25(24)19-5-6-21(16-36)27(34)13-19/h5-7,9,11-13,15,17,23,29-30,42H,3-4,8,10,14,18,37H2,1-2H3/t23-,29+,30+/m1/s1. The molecule has 2 aliphatic rings. The Labute approximate surface area is 243 Å². The van der Waals surface area contributed by atoms with Gasteiger partial charge in [-0.3, -0.25) is 9.48 Å². The highest BCUT2D eigenvalue weighted by atomic mass is 19.1. The third kappa shape index (κ3) is 4.65. The van der Waals surface area contributed by atoms with Crippen LogP contribution < -0.4 is 5.73 Å². The Morgan fingerprint density at radius 1 is 1.07 bits per heavy atom. The second kappa shape index (κ2) is 10.6. The largest absolute Gasteiger partial charge is 0.388 e. The van der Waals surface area contributed by atoms with Crippen molar-refractivity contribution >= 4 is 16.8 Å². The van der Waals surface area contributed by atoms with Crippen LogP contribution in [0.5, 0.6) is 0 Å². The van der Waals surface area contributed by atoms with Crippen molar-refractivity contribution in [3.05, 3.63) is 77.5 Å². The first-order valence-corrected chi connectivity index (χ1v) is 14.5. The van der Waals surface area contributed by atoms with Crippen LogP contribution in [0.3, 0.4) is 0 Å². The van der Waals surface area contributed by atoms with Crippen molar-refractivity contribution in [2.45, 2.75) is 76.2 Å². The highest BCUT2D eigenvalue weighted by Gasteiger charge is 2.47. The van der Waals surface area contributed by atoms with Gasteiger partial charge in [-0.2, -0.15) is 10.4 Å². The van der Waals surface area contributed by atoms with Crippen molar-refractivity contribution in [2.24, 2.45) is 5.73 Å². The number of halogens is 2. The summed E-state index contributed by atoms with van der Waals surface area (Å²) in [4.78, 5) is 15.6. The molecule has 0 radical (unpaired) electrons. The van der Waals surface area contributed by atoms with E-state index in [1.807, 2.05) is 24.8 Å². The molecule has 2 saturated heterocycles.